The van der Waals surface area contributed by atoms with Gasteiger partial charge in [0.15, 0.2) is 17.4 Å². The molecular weight excluding hydrogens is 250 g/mol. The molecule has 0 bridgehead atoms. The van der Waals surface area contributed by atoms with Crippen LogP contribution >= 0.6 is 0 Å². The predicted octanol–water partition coefficient (Wildman–Crippen LogP) is 3.67. The molecule has 3 rings (SSSR count). The highest BCUT2D eigenvalue weighted by Gasteiger charge is 2.29. The van der Waals surface area contributed by atoms with Crippen molar-refractivity contribution in [3.8, 4) is 5.75 Å². The van der Waals surface area contributed by atoms with Crippen LogP contribution in [0, 0.1) is 11.6 Å². The van der Waals surface area contributed by atoms with Crippen molar-refractivity contribution in [3.05, 3.63) is 65.2 Å². The van der Waals surface area contributed by atoms with E-state index < -0.39 is 17.7 Å². The van der Waals surface area contributed by atoms with Crippen LogP contribution in [0.1, 0.15) is 28.4 Å². The number of hydrogen-bond donors (Lipinski definition) is 0. The van der Waals surface area contributed by atoms with E-state index in [0.29, 0.717) is 0 Å². The molecule has 0 aliphatic carbocycles. The van der Waals surface area contributed by atoms with Crippen LogP contribution in [-0.4, -0.2) is 5.78 Å². The van der Waals surface area contributed by atoms with Crippen LogP contribution in [0.25, 0.3) is 0 Å². The Bertz CT molecular complexity index is 638. The van der Waals surface area contributed by atoms with E-state index in [-0.39, 0.29) is 23.5 Å². The molecule has 0 amide bonds. The molecule has 0 spiro atoms. The summed E-state index contributed by atoms with van der Waals surface area (Å²) in [4.78, 5) is 12.0. The van der Waals surface area contributed by atoms with Gasteiger partial charge >= 0.3 is 0 Å². The summed E-state index contributed by atoms with van der Waals surface area (Å²) in [5.41, 5.74) is 0.942. The van der Waals surface area contributed by atoms with Gasteiger partial charge in [0, 0.05) is 6.07 Å². The third kappa shape index (κ3) is 2.10. The second-order valence-corrected chi connectivity index (χ2v) is 4.41. The minimum absolute atomic E-state index is 0.101. The molecular formula is C15H10F2O2. The van der Waals surface area contributed by atoms with E-state index in [1.54, 1.807) is 0 Å². The highest BCUT2D eigenvalue weighted by molar-refractivity contribution is 6.00. The molecule has 0 N–H and O–H groups in total. The second-order valence-electron chi connectivity index (χ2n) is 4.41. The zero-order valence-corrected chi connectivity index (χ0v) is 9.90. The summed E-state index contributed by atoms with van der Waals surface area (Å²) in [6, 6.07) is 11.0. The van der Waals surface area contributed by atoms with Crippen molar-refractivity contribution in [1.82, 2.24) is 0 Å². The Balaban J connectivity index is 2.00. The fraction of sp³-hybridized carbons (Fsp3) is 0.133. The number of ether oxygens (including phenoxy) is 1. The van der Waals surface area contributed by atoms with Crippen molar-refractivity contribution in [2.45, 2.75) is 12.5 Å². The van der Waals surface area contributed by atoms with Gasteiger partial charge in [-0.2, -0.15) is 0 Å². The molecule has 0 aromatic heterocycles. The minimum Gasteiger partial charge on any atom is -0.484 e. The smallest absolute Gasteiger partial charge is 0.170 e. The van der Waals surface area contributed by atoms with E-state index in [9.17, 15) is 13.6 Å². The Labute approximate surface area is 108 Å². The van der Waals surface area contributed by atoms with Crippen LogP contribution in [0.15, 0.2) is 42.5 Å². The molecule has 0 saturated heterocycles. The molecule has 96 valence electrons. The Hall–Kier alpha value is -2.23. The molecule has 1 aliphatic heterocycles. The predicted molar refractivity (Wildman–Crippen MR) is 65.1 cm³/mol. The summed E-state index contributed by atoms with van der Waals surface area (Å²) in [6.45, 7) is 0. The van der Waals surface area contributed by atoms with Gasteiger partial charge in [-0.25, -0.2) is 8.78 Å². The number of carbonyl (C=O) groups excluding carboxylic acids is 1. The monoisotopic (exact) mass is 260 g/mol. The molecule has 1 aliphatic rings. The first kappa shape index (κ1) is 11.8. The van der Waals surface area contributed by atoms with Gasteiger partial charge in [0.25, 0.3) is 0 Å². The van der Waals surface area contributed by atoms with Crippen molar-refractivity contribution in [2.75, 3.05) is 0 Å². The number of ketones is 1. The maximum atomic E-state index is 13.2. The van der Waals surface area contributed by atoms with Gasteiger partial charge in [-0.05, 0) is 11.6 Å². The number of carbonyl (C=O) groups is 1. The molecule has 1 unspecified atom stereocenters. The standard InChI is InChI=1S/C15H10F2O2/c16-11-6-10-13(18)8-14(9-4-2-1-3-5-9)19-15(10)7-12(11)17/h1-7,14H,8H2. The van der Waals surface area contributed by atoms with Gasteiger partial charge in [-0.1, -0.05) is 30.3 Å². The fourth-order valence-electron chi connectivity index (χ4n) is 2.17. The lowest BCUT2D eigenvalue weighted by Crippen LogP contribution is -2.20. The molecule has 2 nitrogen and oxygen atoms in total. The van der Waals surface area contributed by atoms with Gasteiger partial charge in [0.1, 0.15) is 11.9 Å². The van der Waals surface area contributed by atoms with Gasteiger partial charge in [-0.15, -0.1) is 0 Å². The first-order chi connectivity index (χ1) is 9.15. The fourth-order valence-corrected chi connectivity index (χ4v) is 2.17. The summed E-state index contributed by atoms with van der Waals surface area (Å²) < 4.78 is 31.9. The van der Waals surface area contributed by atoms with Crippen LogP contribution in [-0.2, 0) is 0 Å². The summed E-state index contributed by atoms with van der Waals surface area (Å²) >= 11 is 0. The van der Waals surface area contributed by atoms with Crippen molar-refractivity contribution in [3.63, 3.8) is 0 Å². The van der Waals surface area contributed by atoms with E-state index in [0.717, 1.165) is 17.7 Å². The molecule has 2 aromatic carbocycles. The lowest BCUT2D eigenvalue weighted by Gasteiger charge is -2.25. The molecule has 0 fully saturated rings. The SMILES string of the molecule is O=C1CC(c2ccccc2)Oc2cc(F)c(F)cc21. The summed E-state index contributed by atoms with van der Waals surface area (Å²) in [7, 11) is 0. The third-order valence-corrected chi connectivity index (χ3v) is 3.13. The van der Waals surface area contributed by atoms with Crippen molar-refractivity contribution in [1.29, 1.82) is 0 Å². The van der Waals surface area contributed by atoms with Crippen molar-refractivity contribution >= 4 is 5.78 Å². The number of Topliss-reactive ketones (excluding diaryl/α,β-unsaturated/α-hetero) is 1. The summed E-state index contributed by atoms with van der Waals surface area (Å²) in [6.07, 6.45) is -0.326. The van der Waals surface area contributed by atoms with Gasteiger partial charge in [-0.3, -0.25) is 4.79 Å². The second kappa shape index (κ2) is 4.46. The van der Waals surface area contributed by atoms with E-state index in [4.69, 9.17) is 4.74 Å². The van der Waals surface area contributed by atoms with Crippen LogP contribution in [0.2, 0.25) is 0 Å². The Morgan fingerprint density at radius 3 is 2.47 bits per heavy atom. The Kier molecular flexibility index (Phi) is 2.78. The highest BCUT2D eigenvalue weighted by Crippen LogP contribution is 2.35. The number of benzene rings is 2. The third-order valence-electron chi connectivity index (χ3n) is 3.13. The molecule has 4 heteroatoms. The summed E-state index contributed by atoms with van der Waals surface area (Å²) in [5.74, 6) is -2.19. The van der Waals surface area contributed by atoms with E-state index in [2.05, 4.69) is 0 Å². The average molecular weight is 260 g/mol. The largest absolute Gasteiger partial charge is 0.484 e. The molecule has 0 radical (unpaired) electrons. The van der Waals surface area contributed by atoms with E-state index in [1.807, 2.05) is 30.3 Å². The van der Waals surface area contributed by atoms with Gasteiger partial charge in [0.05, 0.1) is 12.0 Å². The van der Waals surface area contributed by atoms with Crippen LogP contribution < -0.4 is 4.74 Å². The zero-order valence-electron chi connectivity index (χ0n) is 9.90. The molecule has 2 aromatic rings. The van der Waals surface area contributed by atoms with Gasteiger partial charge in [0.2, 0.25) is 0 Å². The van der Waals surface area contributed by atoms with Crippen molar-refractivity contribution in [2.24, 2.45) is 0 Å². The first-order valence-corrected chi connectivity index (χ1v) is 5.89. The van der Waals surface area contributed by atoms with Crippen LogP contribution in [0.3, 0.4) is 0 Å². The zero-order chi connectivity index (χ0) is 13.4. The van der Waals surface area contributed by atoms with Crippen LogP contribution in [0.5, 0.6) is 5.75 Å². The molecule has 1 atom stereocenters. The first-order valence-electron chi connectivity index (χ1n) is 5.89. The van der Waals surface area contributed by atoms with Crippen molar-refractivity contribution < 1.29 is 18.3 Å². The Morgan fingerprint density at radius 2 is 1.74 bits per heavy atom. The number of fused-ring (bicyclic) bond motifs is 1. The highest BCUT2D eigenvalue weighted by atomic mass is 19.2. The molecule has 0 saturated carbocycles. The lowest BCUT2D eigenvalue weighted by atomic mass is 9.96. The maximum Gasteiger partial charge on any atom is 0.170 e. The topological polar surface area (TPSA) is 26.3 Å². The van der Waals surface area contributed by atoms with E-state index in [1.165, 1.54) is 0 Å². The minimum atomic E-state index is -1.03. The number of hydrogen-bond acceptors (Lipinski definition) is 2. The summed E-state index contributed by atoms with van der Waals surface area (Å²) in [5, 5.41) is 0. The maximum absolute atomic E-state index is 13.2. The quantitative estimate of drug-likeness (QED) is 0.782. The molecule has 19 heavy (non-hydrogen) atoms. The number of rotatable bonds is 1. The number of halogens is 2. The average Bonchev–Trinajstić information content (AvgIpc) is 2.42. The van der Waals surface area contributed by atoms with E-state index >= 15 is 0 Å². The normalized spacial score (nSPS) is 17.8. The Morgan fingerprint density at radius 1 is 1.05 bits per heavy atom. The van der Waals surface area contributed by atoms with Crippen LogP contribution in [0.4, 0.5) is 8.78 Å². The lowest BCUT2D eigenvalue weighted by molar-refractivity contribution is 0.0848. The molecule has 1 heterocycles. The van der Waals surface area contributed by atoms with Gasteiger partial charge < -0.3 is 4.74 Å².